The maximum Gasteiger partial charge on any atom is 1.00 e. The van der Waals surface area contributed by atoms with Gasteiger partial charge in [-0.25, -0.2) is 0 Å². The molecule has 1 unspecified atom stereocenters. The third kappa shape index (κ3) is 26.7. The summed E-state index contributed by atoms with van der Waals surface area (Å²) in [5.41, 5.74) is 0. The van der Waals surface area contributed by atoms with Crippen LogP contribution in [0.15, 0.2) is 0 Å². The van der Waals surface area contributed by atoms with Crippen molar-refractivity contribution in [2.24, 2.45) is 0 Å². The molecule has 0 radical (unpaired) electrons. The number of rotatable bonds is 29. The summed E-state index contributed by atoms with van der Waals surface area (Å²) in [5, 5.41) is 11.9. The minimum absolute atomic E-state index is 0. The predicted octanol–water partition coefficient (Wildman–Crippen LogP) is 6.22. The third-order valence-electron chi connectivity index (χ3n) is 7.64. The van der Waals surface area contributed by atoms with Crippen LogP contribution in [0.4, 0.5) is 0 Å². The second-order valence-electron chi connectivity index (χ2n) is 11.1. The van der Waals surface area contributed by atoms with Crippen LogP contribution >= 0.6 is 0 Å². The summed E-state index contributed by atoms with van der Waals surface area (Å²) in [6.45, 7) is 8.55. The molecular weight excluding hydrogens is 469 g/mol. The third-order valence-corrected chi connectivity index (χ3v) is 7.64. The molecule has 0 aliphatic heterocycles. The zero-order chi connectivity index (χ0) is 25.8. The minimum Gasteiger partial charge on any atom is -0.548 e. The average molecular weight is 534 g/mol. The zero-order valence-electron chi connectivity index (χ0n) is 25.4. The Morgan fingerprint density at radius 3 is 1.06 bits per heavy atom. The van der Waals surface area contributed by atoms with Crippen molar-refractivity contribution < 1.29 is 61.3 Å². The van der Waals surface area contributed by atoms with Crippen LogP contribution < -0.4 is 56.5 Å². The normalized spacial score (nSPS) is 12.1. The predicted molar refractivity (Wildman–Crippen MR) is 153 cm³/mol. The molecular formula is C32H64KNO2. The number of carboxylic acid groups (broad SMARTS) is 1. The molecule has 0 aliphatic carbocycles. The van der Waals surface area contributed by atoms with Gasteiger partial charge in [0, 0.05) is 6.04 Å². The van der Waals surface area contributed by atoms with Crippen molar-refractivity contribution in [1.82, 2.24) is 4.90 Å². The van der Waals surface area contributed by atoms with Crippen LogP contribution in [-0.4, -0.2) is 30.0 Å². The molecule has 0 saturated carbocycles. The van der Waals surface area contributed by atoms with Gasteiger partial charge in [0.25, 0.3) is 0 Å². The smallest absolute Gasteiger partial charge is 0.548 e. The van der Waals surface area contributed by atoms with Gasteiger partial charge in [0.1, 0.15) is 0 Å². The van der Waals surface area contributed by atoms with Gasteiger partial charge in [-0.1, -0.05) is 162 Å². The van der Waals surface area contributed by atoms with Crippen LogP contribution in [0.5, 0.6) is 0 Å². The molecule has 4 heteroatoms. The monoisotopic (exact) mass is 533 g/mol. The quantitative estimate of drug-likeness (QED) is 0.0846. The molecule has 0 aliphatic rings. The average Bonchev–Trinajstić information content (AvgIpc) is 2.85. The van der Waals surface area contributed by atoms with E-state index in [4.69, 9.17) is 0 Å². The number of hydrogen-bond acceptors (Lipinski definition) is 3. The molecule has 0 rings (SSSR count). The largest absolute Gasteiger partial charge is 1.00 e. The fourth-order valence-electron chi connectivity index (χ4n) is 5.23. The van der Waals surface area contributed by atoms with Gasteiger partial charge in [0.2, 0.25) is 0 Å². The summed E-state index contributed by atoms with van der Waals surface area (Å²) in [6, 6.07) is -0.388. The number of unbranched alkanes of at least 4 members (excludes halogenated alkanes) is 21. The molecule has 0 aromatic carbocycles. The standard InChI is InChI=1S/C32H65NO2.K/c1-4-7-10-12-14-16-18-20-22-24-26-29-33(31(32(34)35)28-9-6-3)30-27-25-23-21-19-17-15-13-11-8-5-2;/h31H,4-30H2,1-3H3,(H,34,35);/q;+1/p-1. The summed E-state index contributed by atoms with van der Waals surface area (Å²) < 4.78 is 0. The Bertz CT molecular complexity index is 406. The van der Waals surface area contributed by atoms with E-state index >= 15 is 0 Å². The van der Waals surface area contributed by atoms with Gasteiger partial charge in [-0.3, -0.25) is 4.90 Å². The van der Waals surface area contributed by atoms with Gasteiger partial charge in [-0.05, 0) is 32.4 Å². The molecule has 0 amide bonds. The molecule has 0 heterocycles. The van der Waals surface area contributed by atoms with E-state index in [0.717, 1.165) is 45.2 Å². The Labute approximate surface area is 270 Å². The number of carbonyl (C=O) groups excluding carboxylic acids is 1. The maximum absolute atomic E-state index is 11.9. The summed E-state index contributed by atoms with van der Waals surface area (Å²) >= 11 is 0. The van der Waals surface area contributed by atoms with Crippen LogP contribution in [0, 0.1) is 0 Å². The van der Waals surface area contributed by atoms with E-state index in [0.29, 0.717) is 0 Å². The first-order valence-corrected chi connectivity index (χ1v) is 16.1. The van der Waals surface area contributed by atoms with Crippen molar-refractivity contribution in [1.29, 1.82) is 0 Å². The van der Waals surface area contributed by atoms with E-state index in [2.05, 4.69) is 25.7 Å². The molecule has 0 aromatic rings. The first kappa shape index (κ1) is 39.2. The minimum atomic E-state index is -0.857. The van der Waals surface area contributed by atoms with E-state index in [1.807, 2.05) is 0 Å². The van der Waals surface area contributed by atoms with E-state index in [9.17, 15) is 9.90 Å². The molecule has 1 atom stereocenters. The van der Waals surface area contributed by atoms with E-state index in [1.165, 1.54) is 128 Å². The molecule has 0 bridgehead atoms. The number of carboxylic acids is 1. The molecule has 0 saturated heterocycles. The van der Waals surface area contributed by atoms with Crippen molar-refractivity contribution in [3.63, 3.8) is 0 Å². The van der Waals surface area contributed by atoms with Crippen molar-refractivity contribution in [2.45, 2.75) is 187 Å². The number of carbonyl (C=O) groups is 1. The second kappa shape index (κ2) is 32.3. The Kier molecular flexibility index (Phi) is 35.2. The first-order chi connectivity index (χ1) is 17.2. The van der Waals surface area contributed by atoms with Crippen molar-refractivity contribution in [2.75, 3.05) is 13.1 Å². The van der Waals surface area contributed by atoms with Crippen LogP contribution in [0.25, 0.3) is 0 Å². The Morgan fingerprint density at radius 2 is 0.778 bits per heavy atom. The van der Waals surface area contributed by atoms with Gasteiger partial charge in [-0.15, -0.1) is 0 Å². The first-order valence-electron chi connectivity index (χ1n) is 16.1. The summed E-state index contributed by atoms with van der Waals surface area (Å²) in [6.07, 6.45) is 32.1. The zero-order valence-corrected chi connectivity index (χ0v) is 28.6. The van der Waals surface area contributed by atoms with Gasteiger partial charge >= 0.3 is 51.4 Å². The fourth-order valence-corrected chi connectivity index (χ4v) is 5.23. The topological polar surface area (TPSA) is 43.4 Å². The number of aliphatic carboxylic acids is 1. The summed E-state index contributed by atoms with van der Waals surface area (Å²) in [5.74, 6) is -0.857. The van der Waals surface area contributed by atoms with Crippen molar-refractivity contribution in [3.05, 3.63) is 0 Å². The molecule has 36 heavy (non-hydrogen) atoms. The molecule has 210 valence electrons. The fraction of sp³-hybridized carbons (Fsp3) is 0.969. The molecule has 0 fully saturated rings. The van der Waals surface area contributed by atoms with Gasteiger partial charge in [0.05, 0.1) is 5.97 Å². The SMILES string of the molecule is CCCCCCCCCCCCCN(CCCCCCCCCCCCC)C(CCCC)C(=O)[O-].[K+]. The number of nitrogens with zero attached hydrogens (tertiary/aromatic N) is 1. The maximum atomic E-state index is 11.9. The van der Waals surface area contributed by atoms with E-state index < -0.39 is 5.97 Å². The Balaban J connectivity index is 0. The van der Waals surface area contributed by atoms with Crippen LogP contribution in [0.1, 0.15) is 181 Å². The van der Waals surface area contributed by atoms with Gasteiger partial charge in [0.15, 0.2) is 0 Å². The molecule has 0 aromatic heterocycles. The van der Waals surface area contributed by atoms with Crippen LogP contribution in [0.3, 0.4) is 0 Å². The Hall–Kier alpha value is 1.07. The van der Waals surface area contributed by atoms with Gasteiger partial charge in [-0.2, -0.15) is 0 Å². The van der Waals surface area contributed by atoms with E-state index in [1.54, 1.807) is 0 Å². The molecule has 0 N–H and O–H groups in total. The van der Waals surface area contributed by atoms with Crippen LogP contribution in [-0.2, 0) is 4.79 Å². The van der Waals surface area contributed by atoms with E-state index in [-0.39, 0.29) is 57.4 Å². The van der Waals surface area contributed by atoms with Gasteiger partial charge < -0.3 is 9.90 Å². The van der Waals surface area contributed by atoms with Crippen molar-refractivity contribution >= 4 is 5.97 Å². The summed E-state index contributed by atoms with van der Waals surface area (Å²) in [7, 11) is 0. The molecule has 0 spiro atoms. The number of hydrogen-bond donors (Lipinski definition) is 0. The second-order valence-corrected chi connectivity index (χ2v) is 11.1. The van der Waals surface area contributed by atoms with Crippen LogP contribution in [0.2, 0.25) is 0 Å². The Morgan fingerprint density at radius 1 is 0.500 bits per heavy atom. The van der Waals surface area contributed by atoms with Crippen molar-refractivity contribution in [3.8, 4) is 0 Å². The molecule has 3 nitrogen and oxygen atoms in total. The summed E-state index contributed by atoms with van der Waals surface area (Å²) in [4.78, 5) is 14.2.